The van der Waals surface area contributed by atoms with Crippen molar-refractivity contribution in [3.8, 4) is 6.07 Å². The first kappa shape index (κ1) is 16.2. The lowest BCUT2D eigenvalue weighted by atomic mass is 9.90. The number of hydrogen-bond donors (Lipinski definition) is 1. The summed E-state index contributed by atoms with van der Waals surface area (Å²) in [5.41, 5.74) is 0.849. The van der Waals surface area contributed by atoms with Gasteiger partial charge in [-0.25, -0.2) is 4.98 Å². The molecule has 0 saturated carbocycles. The van der Waals surface area contributed by atoms with Gasteiger partial charge in [0.25, 0.3) is 0 Å². The van der Waals surface area contributed by atoms with E-state index in [1.807, 2.05) is 19.1 Å². The van der Waals surface area contributed by atoms with E-state index in [2.05, 4.69) is 20.9 Å². The average molecular weight is 314 g/mol. The number of piperidine rings is 2. The van der Waals surface area contributed by atoms with E-state index in [4.69, 9.17) is 5.26 Å². The van der Waals surface area contributed by atoms with Gasteiger partial charge in [-0.3, -0.25) is 0 Å². The summed E-state index contributed by atoms with van der Waals surface area (Å²) in [5, 5.41) is 19.9. The molecule has 2 aliphatic heterocycles. The smallest absolute Gasteiger partial charge is 0.128 e. The summed E-state index contributed by atoms with van der Waals surface area (Å²) in [4.78, 5) is 9.18. The number of aromatic nitrogens is 1. The van der Waals surface area contributed by atoms with Gasteiger partial charge in [0, 0.05) is 19.6 Å². The lowest BCUT2D eigenvalue weighted by Gasteiger charge is -2.42. The van der Waals surface area contributed by atoms with Crippen LogP contribution in [0.4, 0.5) is 5.82 Å². The number of nitriles is 1. The van der Waals surface area contributed by atoms with E-state index in [0.29, 0.717) is 5.56 Å². The molecule has 2 fully saturated rings. The first-order valence-electron chi connectivity index (χ1n) is 8.67. The van der Waals surface area contributed by atoms with Crippen molar-refractivity contribution < 1.29 is 5.11 Å². The van der Waals surface area contributed by atoms with E-state index < -0.39 is 5.60 Å². The second-order valence-electron chi connectivity index (χ2n) is 6.96. The monoisotopic (exact) mass is 314 g/mol. The number of pyridine rings is 1. The van der Waals surface area contributed by atoms with E-state index in [0.717, 1.165) is 57.1 Å². The molecular weight excluding hydrogens is 288 g/mol. The summed E-state index contributed by atoms with van der Waals surface area (Å²) >= 11 is 0. The first-order chi connectivity index (χ1) is 11.1. The third-order valence-electron chi connectivity index (χ3n) is 5.18. The number of rotatable bonds is 3. The van der Waals surface area contributed by atoms with Gasteiger partial charge < -0.3 is 14.9 Å². The van der Waals surface area contributed by atoms with Gasteiger partial charge in [0.05, 0.1) is 16.9 Å². The van der Waals surface area contributed by atoms with Crippen molar-refractivity contribution >= 4 is 5.82 Å². The number of aliphatic hydroxyl groups is 1. The highest BCUT2D eigenvalue weighted by molar-refractivity contribution is 5.45. The summed E-state index contributed by atoms with van der Waals surface area (Å²) in [7, 11) is 0. The molecule has 2 saturated heterocycles. The van der Waals surface area contributed by atoms with Crippen LogP contribution in [0.5, 0.6) is 0 Å². The number of hydrogen-bond acceptors (Lipinski definition) is 5. The molecule has 5 nitrogen and oxygen atoms in total. The van der Waals surface area contributed by atoms with Crippen molar-refractivity contribution in [2.45, 2.75) is 44.6 Å². The van der Waals surface area contributed by atoms with Gasteiger partial charge in [0.1, 0.15) is 11.9 Å². The fourth-order valence-corrected chi connectivity index (χ4v) is 3.69. The Morgan fingerprint density at radius 1 is 1.17 bits per heavy atom. The Labute approximate surface area is 138 Å². The predicted molar refractivity (Wildman–Crippen MR) is 90.4 cm³/mol. The minimum atomic E-state index is -0.560. The molecule has 0 unspecified atom stereocenters. The van der Waals surface area contributed by atoms with Gasteiger partial charge in [-0.2, -0.15) is 5.26 Å². The normalized spacial score (nSPS) is 21.9. The maximum atomic E-state index is 10.9. The van der Waals surface area contributed by atoms with Crippen LogP contribution in [0.2, 0.25) is 0 Å². The van der Waals surface area contributed by atoms with Crippen molar-refractivity contribution in [1.29, 1.82) is 5.26 Å². The average Bonchev–Trinajstić information content (AvgIpc) is 2.56. The van der Waals surface area contributed by atoms with Crippen LogP contribution in [0.25, 0.3) is 0 Å². The van der Waals surface area contributed by atoms with Gasteiger partial charge in [-0.05, 0) is 57.8 Å². The molecule has 0 radical (unpaired) electrons. The molecule has 0 atom stereocenters. The van der Waals surface area contributed by atoms with Crippen LogP contribution in [0.15, 0.2) is 12.1 Å². The molecule has 124 valence electrons. The highest BCUT2D eigenvalue weighted by atomic mass is 16.3. The molecule has 3 rings (SSSR count). The number of nitrogens with zero attached hydrogens (tertiary/aromatic N) is 4. The Bertz CT molecular complexity index is 581. The fourth-order valence-electron chi connectivity index (χ4n) is 3.69. The Morgan fingerprint density at radius 3 is 2.48 bits per heavy atom. The zero-order chi connectivity index (χ0) is 16.3. The summed E-state index contributed by atoms with van der Waals surface area (Å²) in [6, 6.07) is 5.91. The maximum absolute atomic E-state index is 10.9. The molecule has 1 aromatic rings. The van der Waals surface area contributed by atoms with E-state index in [9.17, 15) is 5.11 Å². The minimum absolute atomic E-state index is 0.560. The highest BCUT2D eigenvalue weighted by Crippen LogP contribution is 2.27. The molecule has 23 heavy (non-hydrogen) atoms. The summed E-state index contributed by atoms with van der Waals surface area (Å²) in [6.45, 7) is 6.58. The second kappa shape index (κ2) is 6.86. The van der Waals surface area contributed by atoms with Crippen molar-refractivity contribution in [3.05, 3.63) is 23.4 Å². The van der Waals surface area contributed by atoms with Gasteiger partial charge in [-0.1, -0.05) is 6.42 Å². The minimum Gasteiger partial charge on any atom is -0.388 e. The summed E-state index contributed by atoms with van der Waals surface area (Å²) < 4.78 is 0. The van der Waals surface area contributed by atoms with Crippen LogP contribution < -0.4 is 4.90 Å². The quantitative estimate of drug-likeness (QED) is 0.925. The number of aryl methyl sites for hydroxylation is 1. The fraction of sp³-hybridized carbons (Fsp3) is 0.667. The molecule has 0 bridgehead atoms. The van der Waals surface area contributed by atoms with Crippen LogP contribution in [-0.2, 0) is 0 Å². The standard InChI is InChI=1S/C18H26N4O/c1-15-16(13-19)5-6-17(20-15)22-11-7-18(23,8-12-22)14-21-9-3-2-4-10-21/h5-6,23H,2-4,7-12,14H2,1H3. The molecule has 0 aromatic carbocycles. The molecule has 5 heteroatoms. The third kappa shape index (κ3) is 3.82. The molecule has 0 amide bonds. The lowest BCUT2D eigenvalue weighted by Crippen LogP contribution is -2.52. The molecule has 0 aliphatic carbocycles. The Hall–Kier alpha value is -1.64. The SMILES string of the molecule is Cc1nc(N2CCC(O)(CN3CCCCC3)CC2)ccc1C#N. The highest BCUT2D eigenvalue weighted by Gasteiger charge is 2.34. The van der Waals surface area contributed by atoms with Gasteiger partial charge in [-0.15, -0.1) is 0 Å². The van der Waals surface area contributed by atoms with Crippen LogP contribution in [0, 0.1) is 18.3 Å². The van der Waals surface area contributed by atoms with Gasteiger partial charge >= 0.3 is 0 Å². The number of β-amino-alcohol motifs (C(OH)–C–C–N with tert-alkyl or cyclic N) is 1. The molecular formula is C18H26N4O. The van der Waals surface area contributed by atoms with Gasteiger partial charge in [0.2, 0.25) is 0 Å². The van der Waals surface area contributed by atoms with E-state index in [1.165, 1.54) is 19.3 Å². The zero-order valence-electron chi connectivity index (χ0n) is 14.0. The zero-order valence-corrected chi connectivity index (χ0v) is 14.0. The van der Waals surface area contributed by atoms with Crippen LogP contribution in [0.3, 0.4) is 0 Å². The first-order valence-corrected chi connectivity index (χ1v) is 8.67. The van der Waals surface area contributed by atoms with Gasteiger partial charge in [0.15, 0.2) is 0 Å². The molecule has 2 aliphatic rings. The topological polar surface area (TPSA) is 63.4 Å². The predicted octanol–water partition coefficient (Wildman–Crippen LogP) is 2.08. The molecule has 3 heterocycles. The Morgan fingerprint density at radius 2 is 1.87 bits per heavy atom. The summed E-state index contributed by atoms with van der Waals surface area (Å²) in [5.74, 6) is 0.918. The maximum Gasteiger partial charge on any atom is 0.128 e. The number of likely N-dealkylation sites (tertiary alicyclic amines) is 1. The number of anilines is 1. The van der Waals surface area contributed by atoms with Crippen LogP contribution >= 0.6 is 0 Å². The Kier molecular flexibility index (Phi) is 4.84. The third-order valence-corrected chi connectivity index (χ3v) is 5.18. The summed E-state index contributed by atoms with van der Waals surface area (Å²) in [6.07, 6.45) is 5.41. The van der Waals surface area contributed by atoms with Crippen molar-refractivity contribution in [3.63, 3.8) is 0 Å². The second-order valence-corrected chi connectivity index (χ2v) is 6.96. The van der Waals surface area contributed by atoms with E-state index in [1.54, 1.807) is 0 Å². The lowest BCUT2D eigenvalue weighted by molar-refractivity contribution is -0.0202. The van der Waals surface area contributed by atoms with Crippen molar-refractivity contribution in [2.75, 3.05) is 37.6 Å². The van der Waals surface area contributed by atoms with Crippen LogP contribution in [-0.4, -0.2) is 53.3 Å². The van der Waals surface area contributed by atoms with E-state index in [-0.39, 0.29) is 0 Å². The Balaban J connectivity index is 1.59. The molecule has 0 spiro atoms. The molecule has 1 aromatic heterocycles. The van der Waals surface area contributed by atoms with Crippen molar-refractivity contribution in [2.24, 2.45) is 0 Å². The molecule has 1 N–H and O–H groups in total. The largest absolute Gasteiger partial charge is 0.388 e. The van der Waals surface area contributed by atoms with Crippen LogP contribution in [0.1, 0.15) is 43.4 Å². The van der Waals surface area contributed by atoms with Crippen molar-refractivity contribution in [1.82, 2.24) is 9.88 Å². The van der Waals surface area contributed by atoms with E-state index >= 15 is 0 Å².